The van der Waals surface area contributed by atoms with Gasteiger partial charge in [0.2, 0.25) is 5.28 Å². The average molecular weight is 259 g/mol. The fourth-order valence-electron chi connectivity index (χ4n) is 1.40. The van der Waals surface area contributed by atoms with Crippen LogP contribution in [0, 0.1) is 24.4 Å². The lowest BCUT2D eigenvalue weighted by molar-refractivity contribution is 0.496. The topological polar surface area (TPSA) is 25.8 Å². The highest BCUT2D eigenvalue weighted by molar-refractivity contribution is 6.28. The zero-order valence-electron chi connectivity index (χ0n) is 8.64. The molecule has 0 atom stereocenters. The highest BCUT2D eigenvalue weighted by atomic mass is 35.5. The molecule has 0 unspecified atom stereocenters. The van der Waals surface area contributed by atoms with Crippen molar-refractivity contribution < 1.29 is 13.2 Å². The minimum absolute atomic E-state index is 0.0882. The van der Waals surface area contributed by atoms with Crippen molar-refractivity contribution in [2.45, 2.75) is 6.92 Å². The standard InChI is InChI=1S/C11H6ClF3N2/c1-5-4-16-11(12)17-10(5)6-2-8(14)9(15)3-7(6)13/h2-4H,1H3. The predicted molar refractivity (Wildman–Crippen MR) is 57.1 cm³/mol. The molecule has 1 aromatic heterocycles. The lowest BCUT2D eigenvalue weighted by atomic mass is 10.1. The van der Waals surface area contributed by atoms with Gasteiger partial charge in [-0.3, -0.25) is 0 Å². The Balaban J connectivity index is 2.68. The lowest BCUT2D eigenvalue weighted by Gasteiger charge is -2.06. The van der Waals surface area contributed by atoms with Gasteiger partial charge in [-0.05, 0) is 30.2 Å². The Morgan fingerprint density at radius 1 is 1.06 bits per heavy atom. The van der Waals surface area contributed by atoms with E-state index in [1.165, 1.54) is 6.20 Å². The molecule has 0 aliphatic carbocycles. The zero-order chi connectivity index (χ0) is 12.6. The smallest absolute Gasteiger partial charge is 0.222 e. The largest absolute Gasteiger partial charge is 0.226 e. The number of rotatable bonds is 1. The molecule has 0 radical (unpaired) electrons. The van der Waals surface area contributed by atoms with Crippen LogP contribution in [-0.2, 0) is 0 Å². The van der Waals surface area contributed by atoms with Crippen LogP contribution in [0.25, 0.3) is 11.3 Å². The summed E-state index contributed by atoms with van der Waals surface area (Å²) >= 11 is 5.58. The molecule has 0 saturated carbocycles. The molecule has 1 aromatic carbocycles. The summed E-state index contributed by atoms with van der Waals surface area (Å²) in [5, 5.41) is -0.0882. The molecule has 2 aromatic rings. The van der Waals surface area contributed by atoms with Gasteiger partial charge in [-0.1, -0.05) is 0 Å². The number of aryl methyl sites for hydroxylation is 1. The molecule has 1 heterocycles. The van der Waals surface area contributed by atoms with Crippen molar-refractivity contribution in [1.29, 1.82) is 0 Å². The van der Waals surface area contributed by atoms with Crippen molar-refractivity contribution in [3.05, 3.63) is 46.6 Å². The summed E-state index contributed by atoms with van der Waals surface area (Å²) in [6.07, 6.45) is 1.38. The molecule has 2 nitrogen and oxygen atoms in total. The molecule has 0 saturated heterocycles. The molecule has 2 rings (SSSR count). The number of aromatic nitrogens is 2. The number of hydrogen-bond donors (Lipinski definition) is 0. The van der Waals surface area contributed by atoms with E-state index in [1.807, 2.05) is 0 Å². The van der Waals surface area contributed by atoms with Crippen molar-refractivity contribution in [2.75, 3.05) is 0 Å². The van der Waals surface area contributed by atoms with Gasteiger partial charge in [0.15, 0.2) is 11.6 Å². The van der Waals surface area contributed by atoms with E-state index in [0.29, 0.717) is 11.6 Å². The SMILES string of the molecule is Cc1cnc(Cl)nc1-c1cc(F)c(F)cc1F. The van der Waals surface area contributed by atoms with Crippen LogP contribution in [0.3, 0.4) is 0 Å². The van der Waals surface area contributed by atoms with E-state index in [9.17, 15) is 13.2 Å². The van der Waals surface area contributed by atoms with E-state index < -0.39 is 17.5 Å². The van der Waals surface area contributed by atoms with Crippen molar-refractivity contribution in [2.24, 2.45) is 0 Å². The molecule has 0 amide bonds. The first-order valence-corrected chi connectivity index (χ1v) is 5.01. The Kier molecular flexibility index (Phi) is 3.02. The number of benzene rings is 1. The minimum Gasteiger partial charge on any atom is -0.226 e. The van der Waals surface area contributed by atoms with Gasteiger partial charge < -0.3 is 0 Å². The van der Waals surface area contributed by atoms with Gasteiger partial charge >= 0.3 is 0 Å². The average Bonchev–Trinajstić information content (AvgIpc) is 2.27. The van der Waals surface area contributed by atoms with Crippen molar-refractivity contribution in [3.63, 3.8) is 0 Å². The summed E-state index contributed by atoms with van der Waals surface area (Å²) in [6.45, 7) is 1.62. The number of hydrogen-bond acceptors (Lipinski definition) is 2. The van der Waals surface area contributed by atoms with Crippen LogP contribution in [0.5, 0.6) is 0 Å². The normalized spacial score (nSPS) is 10.6. The Bertz CT molecular complexity index is 587. The predicted octanol–water partition coefficient (Wildman–Crippen LogP) is 3.52. The second-order valence-electron chi connectivity index (χ2n) is 3.42. The maximum atomic E-state index is 13.5. The third-order valence-electron chi connectivity index (χ3n) is 2.21. The van der Waals surface area contributed by atoms with Gasteiger partial charge in [0.05, 0.1) is 5.69 Å². The molecular weight excluding hydrogens is 253 g/mol. The Morgan fingerprint density at radius 2 is 1.71 bits per heavy atom. The van der Waals surface area contributed by atoms with Crippen LogP contribution in [0.15, 0.2) is 18.3 Å². The third-order valence-corrected chi connectivity index (χ3v) is 2.39. The van der Waals surface area contributed by atoms with Crippen LogP contribution in [0.2, 0.25) is 5.28 Å². The Labute approximate surface area is 100 Å². The second-order valence-corrected chi connectivity index (χ2v) is 3.75. The summed E-state index contributed by atoms with van der Waals surface area (Å²) in [5.41, 5.74) is 0.506. The quantitative estimate of drug-likeness (QED) is 0.578. The van der Waals surface area contributed by atoms with Gasteiger partial charge in [-0.25, -0.2) is 23.1 Å². The molecule has 0 bridgehead atoms. The summed E-state index contributed by atoms with van der Waals surface area (Å²) in [7, 11) is 0. The maximum Gasteiger partial charge on any atom is 0.222 e. The zero-order valence-corrected chi connectivity index (χ0v) is 9.39. The minimum atomic E-state index is -1.25. The third kappa shape index (κ3) is 2.24. The second kappa shape index (κ2) is 4.33. The monoisotopic (exact) mass is 258 g/mol. The van der Waals surface area contributed by atoms with Crippen molar-refractivity contribution in [3.8, 4) is 11.3 Å². The molecule has 0 aliphatic rings. The highest BCUT2D eigenvalue weighted by Crippen LogP contribution is 2.26. The molecule has 0 spiro atoms. The van der Waals surface area contributed by atoms with Crippen LogP contribution in [0.1, 0.15) is 5.56 Å². The summed E-state index contributed by atoms with van der Waals surface area (Å²) < 4.78 is 39.4. The number of halogens is 4. The van der Waals surface area contributed by atoms with Crippen molar-refractivity contribution >= 4 is 11.6 Å². The summed E-state index contributed by atoms with van der Waals surface area (Å²) in [6, 6.07) is 1.22. The van der Waals surface area contributed by atoms with Gasteiger partial charge in [0.25, 0.3) is 0 Å². The van der Waals surface area contributed by atoms with Gasteiger partial charge in [-0.2, -0.15) is 0 Å². The molecule has 6 heteroatoms. The lowest BCUT2D eigenvalue weighted by Crippen LogP contribution is -1.97. The first-order valence-electron chi connectivity index (χ1n) is 4.63. The van der Waals surface area contributed by atoms with Crippen LogP contribution in [0.4, 0.5) is 13.2 Å². The molecule has 17 heavy (non-hydrogen) atoms. The summed E-state index contributed by atoms with van der Waals surface area (Å²) in [4.78, 5) is 7.50. The molecular formula is C11H6ClF3N2. The van der Waals surface area contributed by atoms with E-state index in [2.05, 4.69) is 9.97 Å². The van der Waals surface area contributed by atoms with Crippen LogP contribution in [-0.4, -0.2) is 9.97 Å². The molecule has 88 valence electrons. The first kappa shape index (κ1) is 11.9. The summed E-state index contributed by atoms with van der Waals surface area (Å²) in [5.74, 6) is -3.29. The van der Waals surface area contributed by atoms with Crippen LogP contribution >= 0.6 is 11.6 Å². The fraction of sp³-hybridized carbons (Fsp3) is 0.0909. The first-order chi connectivity index (χ1) is 7.99. The van der Waals surface area contributed by atoms with Crippen molar-refractivity contribution in [1.82, 2.24) is 9.97 Å². The van der Waals surface area contributed by atoms with E-state index in [-0.39, 0.29) is 16.5 Å². The van der Waals surface area contributed by atoms with E-state index in [0.717, 1.165) is 6.07 Å². The highest BCUT2D eigenvalue weighted by Gasteiger charge is 2.15. The maximum absolute atomic E-state index is 13.5. The van der Waals surface area contributed by atoms with E-state index in [1.54, 1.807) is 6.92 Å². The number of nitrogens with zero attached hydrogens (tertiary/aromatic N) is 2. The van der Waals surface area contributed by atoms with E-state index >= 15 is 0 Å². The molecule has 0 fully saturated rings. The van der Waals surface area contributed by atoms with Gasteiger partial charge in [0, 0.05) is 17.8 Å². The Hall–Kier alpha value is -1.62. The van der Waals surface area contributed by atoms with Gasteiger partial charge in [-0.15, -0.1) is 0 Å². The Morgan fingerprint density at radius 3 is 2.41 bits per heavy atom. The van der Waals surface area contributed by atoms with E-state index in [4.69, 9.17) is 11.6 Å². The van der Waals surface area contributed by atoms with Gasteiger partial charge in [0.1, 0.15) is 5.82 Å². The molecule has 0 N–H and O–H groups in total. The fourth-order valence-corrected chi connectivity index (χ4v) is 1.53. The molecule has 0 aliphatic heterocycles. The van der Waals surface area contributed by atoms with Crippen LogP contribution < -0.4 is 0 Å².